The molecule has 0 aliphatic carbocycles. The number of ether oxygens (including phenoxy) is 2. The van der Waals surface area contributed by atoms with Crippen molar-refractivity contribution in [3.05, 3.63) is 77.1 Å². The first-order valence-corrected chi connectivity index (χ1v) is 13.2. The van der Waals surface area contributed by atoms with E-state index in [0.717, 1.165) is 44.8 Å². The molecule has 0 radical (unpaired) electrons. The summed E-state index contributed by atoms with van der Waals surface area (Å²) in [5, 5.41) is 13.5. The SMILES string of the molecule is CCCCS.COc1cc(O)ccc1-c1ccc2c(c1COc1cc(F)ccc1C)C(C)=CC(C)(C)N2. The summed E-state index contributed by atoms with van der Waals surface area (Å²) in [6.07, 6.45) is 4.72. The van der Waals surface area contributed by atoms with Crippen molar-refractivity contribution >= 4 is 23.9 Å². The first-order chi connectivity index (χ1) is 17.6. The number of methoxy groups -OCH3 is 1. The summed E-state index contributed by atoms with van der Waals surface area (Å²) in [6, 6.07) is 13.7. The van der Waals surface area contributed by atoms with Gasteiger partial charge in [0.2, 0.25) is 0 Å². The Morgan fingerprint density at radius 2 is 1.73 bits per heavy atom. The number of aryl methyl sites for hydroxylation is 1. The van der Waals surface area contributed by atoms with Crippen LogP contribution >= 0.6 is 12.6 Å². The maximum absolute atomic E-state index is 13.8. The van der Waals surface area contributed by atoms with Crippen LogP contribution in [0.25, 0.3) is 16.7 Å². The third kappa shape index (κ3) is 7.01. The van der Waals surface area contributed by atoms with Crippen LogP contribution in [-0.2, 0) is 6.61 Å². The standard InChI is InChI=1S/C27H28FNO3.C4H10S/c1-16-6-7-18(28)12-24(16)32-15-22-20(21-9-8-19(30)13-25(21)31-5)10-11-23-26(22)17(2)14-27(3,4)29-23;1-2-3-4-5/h6-14,29-30H,15H2,1-5H3;5H,2-4H2,1H3. The molecule has 3 aromatic rings. The smallest absolute Gasteiger partial charge is 0.130 e. The van der Waals surface area contributed by atoms with Crippen molar-refractivity contribution in [1.29, 1.82) is 0 Å². The summed E-state index contributed by atoms with van der Waals surface area (Å²) in [5.74, 6) is 1.92. The van der Waals surface area contributed by atoms with Gasteiger partial charge in [-0.2, -0.15) is 12.6 Å². The highest BCUT2D eigenvalue weighted by Crippen LogP contribution is 2.43. The summed E-state index contributed by atoms with van der Waals surface area (Å²) >= 11 is 4.00. The number of benzene rings is 3. The third-order valence-corrected chi connectivity index (χ3v) is 6.57. The summed E-state index contributed by atoms with van der Waals surface area (Å²) in [6.45, 7) is 10.7. The number of phenolic OH excluding ortho intramolecular Hbond substituents is 1. The number of fused-ring (bicyclic) bond motifs is 1. The molecule has 0 atom stereocenters. The van der Waals surface area contributed by atoms with Gasteiger partial charge in [0.15, 0.2) is 0 Å². The molecule has 0 saturated heterocycles. The molecule has 0 saturated carbocycles. The Labute approximate surface area is 225 Å². The number of phenols is 1. The van der Waals surface area contributed by atoms with Gasteiger partial charge in [-0.25, -0.2) is 4.39 Å². The Morgan fingerprint density at radius 3 is 2.38 bits per heavy atom. The Bertz CT molecular complexity index is 1270. The highest BCUT2D eigenvalue weighted by Gasteiger charge is 2.27. The highest BCUT2D eigenvalue weighted by atomic mass is 32.1. The minimum absolute atomic E-state index is 0.135. The Balaban J connectivity index is 0.000000695. The number of nitrogens with one attached hydrogen (secondary N) is 1. The van der Waals surface area contributed by atoms with Gasteiger partial charge in [-0.05, 0) is 80.8 Å². The molecule has 2 N–H and O–H groups in total. The molecule has 4 nitrogen and oxygen atoms in total. The van der Waals surface area contributed by atoms with E-state index in [9.17, 15) is 9.50 Å². The van der Waals surface area contributed by atoms with Crippen LogP contribution in [-0.4, -0.2) is 23.5 Å². The molecule has 0 spiro atoms. The summed E-state index contributed by atoms with van der Waals surface area (Å²) in [5.41, 5.74) is 6.66. The lowest BCUT2D eigenvalue weighted by Gasteiger charge is -2.33. The number of allylic oxidation sites excluding steroid dienone is 1. The van der Waals surface area contributed by atoms with Gasteiger partial charge in [-0.1, -0.05) is 31.6 Å². The molecule has 0 amide bonds. The second kappa shape index (κ2) is 12.4. The number of hydrogen-bond donors (Lipinski definition) is 3. The molecule has 0 bridgehead atoms. The fourth-order valence-electron chi connectivity index (χ4n) is 4.54. The lowest BCUT2D eigenvalue weighted by molar-refractivity contribution is 0.302. The Hall–Kier alpha value is -3.12. The second-order valence-electron chi connectivity index (χ2n) is 9.85. The van der Waals surface area contributed by atoms with Gasteiger partial charge in [0.25, 0.3) is 0 Å². The van der Waals surface area contributed by atoms with Crippen LogP contribution in [0.1, 0.15) is 57.2 Å². The number of unbranched alkanes of at least 4 members (excludes halogenated alkanes) is 1. The third-order valence-electron chi connectivity index (χ3n) is 6.25. The van der Waals surface area contributed by atoms with Crippen molar-refractivity contribution in [2.45, 2.75) is 59.6 Å². The predicted octanol–water partition coefficient (Wildman–Crippen LogP) is 8.42. The number of rotatable bonds is 7. The molecular formula is C31H38FNO3S. The lowest BCUT2D eigenvalue weighted by atomic mass is 9.85. The van der Waals surface area contributed by atoms with Gasteiger partial charge < -0.3 is 19.9 Å². The van der Waals surface area contributed by atoms with E-state index in [1.165, 1.54) is 25.0 Å². The van der Waals surface area contributed by atoms with Crippen molar-refractivity contribution in [1.82, 2.24) is 0 Å². The Morgan fingerprint density at radius 1 is 1.00 bits per heavy atom. The van der Waals surface area contributed by atoms with Crippen LogP contribution < -0.4 is 14.8 Å². The van der Waals surface area contributed by atoms with Crippen molar-refractivity contribution in [2.24, 2.45) is 0 Å². The molecule has 6 heteroatoms. The largest absolute Gasteiger partial charge is 0.508 e. The van der Waals surface area contributed by atoms with Crippen molar-refractivity contribution < 1.29 is 19.0 Å². The zero-order valence-corrected chi connectivity index (χ0v) is 23.5. The molecule has 198 valence electrons. The van der Waals surface area contributed by atoms with E-state index >= 15 is 0 Å². The van der Waals surface area contributed by atoms with Gasteiger partial charge in [0, 0.05) is 34.5 Å². The van der Waals surface area contributed by atoms with Crippen molar-refractivity contribution in [3.63, 3.8) is 0 Å². The predicted molar refractivity (Wildman–Crippen MR) is 156 cm³/mol. The molecule has 3 aromatic carbocycles. The van der Waals surface area contributed by atoms with E-state index in [1.807, 2.05) is 19.1 Å². The van der Waals surface area contributed by atoms with Gasteiger partial charge in [0.05, 0.1) is 12.6 Å². The summed E-state index contributed by atoms with van der Waals surface area (Å²) in [4.78, 5) is 0. The summed E-state index contributed by atoms with van der Waals surface area (Å²) in [7, 11) is 1.58. The topological polar surface area (TPSA) is 50.7 Å². The normalized spacial score (nSPS) is 13.5. The van der Waals surface area contributed by atoms with Gasteiger partial charge >= 0.3 is 0 Å². The monoisotopic (exact) mass is 523 g/mol. The van der Waals surface area contributed by atoms with Crippen LogP contribution in [0.2, 0.25) is 0 Å². The zero-order valence-electron chi connectivity index (χ0n) is 22.6. The molecule has 4 rings (SSSR count). The van der Waals surface area contributed by atoms with Crippen LogP contribution in [0.15, 0.2) is 54.6 Å². The first kappa shape index (κ1) is 28.5. The number of halogens is 1. The molecule has 1 heterocycles. The van der Waals surface area contributed by atoms with Gasteiger partial charge in [-0.15, -0.1) is 0 Å². The molecule has 1 aliphatic rings. The van der Waals surface area contributed by atoms with E-state index in [-0.39, 0.29) is 23.7 Å². The van der Waals surface area contributed by atoms with E-state index in [1.54, 1.807) is 25.3 Å². The van der Waals surface area contributed by atoms with Gasteiger partial charge in [-0.3, -0.25) is 0 Å². The number of aromatic hydroxyl groups is 1. The fourth-order valence-corrected chi connectivity index (χ4v) is 4.86. The van der Waals surface area contributed by atoms with E-state index in [2.05, 4.69) is 57.8 Å². The average Bonchev–Trinajstić information content (AvgIpc) is 2.84. The minimum Gasteiger partial charge on any atom is -0.508 e. The molecule has 37 heavy (non-hydrogen) atoms. The van der Waals surface area contributed by atoms with Crippen LogP contribution in [0.4, 0.5) is 10.1 Å². The second-order valence-corrected chi connectivity index (χ2v) is 10.3. The van der Waals surface area contributed by atoms with Crippen LogP contribution in [0.5, 0.6) is 17.2 Å². The number of thiol groups is 1. The molecule has 0 fully saturated rings. The van der Waals surface area contributed by atoms with E-state index < -0.39 is 0 Å². The van der Waals surface area contributed by atoms with E-state index in [4.69, 9.17) is 9.47 Å². The van der Waals surface area contributed by atoms with Gasteiger partial charge in [0.1, 0.15) is 29.7 Å². The maximum atomic E-state index is 13.8. The van der Waals surface area contributed by atoms with Crippen molar-refractivity contribution in [2.75, 3.05) is 18.2 Å². The molecule has 0 aromatic heterocycles. The Kier molecular flexibility index (Phi) is 9.55. The minimum atomic E-state index is -0.333. The summed E-state index contributed by atoms with van der Waals surface area (Å²) < 4.78 is 25.5. The number of hydrogen-bond acceptors (Lipinski definition) is 5. The lowest BCUT2D eigenvalue weighted by Crippen LogP contribution is -2.32. The molecule has 0 unspecified atom stereocenters. The zero-order chi connectivity index (χ0) is 27.2. The quantitative estimate of drug-likeness (QED) is 0.272. The molecular weight excluding hydrogens is 485 g/mol. The maximum Gasteiger partial charge on any atom is 0.130 e. The van der Waals surface area contributed by atoms with Crippen LogP contribution in [0.3, 0.4) is 0 Å². The molecule has 1 aliphatic heterocycles. The highest BCUT2D eigenvalue weighted by molar-refractivity contribution is 7.80. The average molecular weight is 524 g/mol. The van der Waals surface area contributed by atoms with E-state index in [0.29, 0.717) is 11.5 Å². The first-order valence-electron chi connectivity index (χ1n) is 12.6. The fraction of sp³-hybridized carbons (Fsp3) is 0.355. The van der Waals surface area contributed by atoms with Crippen LogP contribution in [0, 0.1) is 12.7 Å². The number of anilines is 1. The van der Waals surface area contributed by atoms with Crippen molar-refractivity contribution in [3.8, 4) is 28.4 Å².